The zero-order valence-electron chi connectivity index (χ0n) is 34.6. The molecule has 14 rings (SSSR count). The van der Waals surface area contributed by atoms with Crippen LogP contribution in [0.1, 0.15) is 86.5 Å². The highest BCUT2D eigenvalue weighted by atomic mass is 16.3. The second kappa shape index (κ2) is 12.9. The number of hydrogen-bond acceptors (Lipinski definition) is 4. The van der Waals surface area contributed by atoms with Crippen LogP contribution in [0.5, 0.6) is 0 Å². The molecule has 4 aliphatic carbocycles. The Balaban J connectivity index is 0.929. The van der Waals surface area contributed by atoms with Crippen LogP contribution in [0, 0.1) is 0 Å². The van der Waals surface area contributed by atoms with Gasteiger partial charge in [0.05, 0.1) is 0 Å². The second-order valence-corrected chi connectivity index (χ2v) is 18.6. The van der Waals surface area contributed by atoms with E-state index < -0.39 is 0 Å². The predicted molar refractivity (Wildman–Crippen MR) is 251 cm³/mol. The molecule has 0 amide bonds. The molecule has 0 radical (unpaired) electrons. The van der Waals surface area contributed by atoms with Gasteiger partial charge in [-0.1, -0.05) is 136 Å². The molecule has 2 fully saturated rings. The van der Waals surface area contributed by atoms with Gasteiger partial charge in [0.2, 0.25) is 0 Å². The number of para-hydroxylation sites is 2. The topological polar surface area (TPSA) is 52.1 Å². The molecule has 0 unspecified atom stereocenters. The molecule has 2 spiro atoms. The Morgan fingerprint density at radius 3 is 1.77 bits per heavy atom. The van der Waals surface area contributed by atoms with Crippen LogP contribution in [0.4, 0.5) is 0 Å². The molecule has 0 N–H and O–H groups in total. The summed E-state index contributed by atoms with van der Waals surface area (Å²) in [6.07, 6.45) is 12.8. The molecular formula is C58H44N2O2. The molecule has 62 heavy (non-hydrogen) atoms. The second-order valence-electron chi connectivity index (χ2n) is 18.6. The van der Waals surface area contributed by atoms with Gasteiger partial charge < -0.3 is 8.83 Å². The van der Waals surface area contributed by atoms with Crippen molar-refractivity contribution in [2.24, 2.45) is 0 Å². The zero-order valence-corrected chi connectivity index (χ0v) is 34.6. The van der Waals surface area contributed by atoms with Crippen LogP contribution in [0.2, 0.25) is 0 Å². The summed E-state index contributed by atoms with van der Waals surface area (Å²) in [5, 5.41) is 3.13. The highest BCUT2D eigenvalue weighted by Gasteiger charge is 2.49. The summed E-state index contributed by atoms with van der Waals surface area (Å²) in [6.45, 7) is 0. The molecule has 4 heteroatoms. The van der Waals surface area contributed by atoms with E-state index in [1.807, 2.05) is 36.4 Å². The zero-order chi connectivity index (χ0) is 40.6. The lowest BCUT2D eigenvalue weighted by atomic mass is 9.66. The fourth-order valence-corrected chi connectivity index (χ4v) is 12.7. The van der Waals surface area contributed by atoms with E-state index in [9.17, 15) is 0 Å². The van der Waals surface area contributed by atoms with Gasteiger partial charge in [-0.25, -0.2) is 9.97 Å². The fraction of sp³-hybridized carbons (Fsp3) is 0.207. The molecule has 0 saturated heterocycles. The minimum absolute atomic E-state index is 0.0848. The summed E-state index contributed by atoms with van der Waals surface area (Å²) in [7, 11) is 0. The number of fused-ring (bicyclic) bond motifs is 16. The highest BCUT2D eigenvalue weighted by Crippen LogP contribution is 2.62. The molecular weight excluding hydrogens is 757 g/mol. The quantitative estimate of drug-likeness (QED) is 0.179. The van der Waals surface area contributed by atoms with E-state index in [0.717, 1.165) is 55.2 Å². The Bertz CT molecular complexity index is 3490. The van der Waals surface area contributed by atoms with Crippen LogP contribution >= 0.6 is 0 Å². The Kier molecular flexibility index (Phi) is 7.24. The largest absolute Gasteiger partial charge is 0.455 e. The first-order valence-corrected chi connectivity index (χ1v) is 22.8. The predicted octanol–water partition coefficient (Wildman–Crippen LogP) is 15.7. The van der Waals surface area contributed by atoms with Crippen molar-refractivity contribution in [2.45, 2.75) is 75.0 Å². The van der Waals surface area contributed by atoms with E-state index in [4.69, 9.17) is 18.8 Å². The van der Waals surface area contributed by atoms with Crippen molar-refractivity contribution in [2.75, 3.05) is 0 Å². The highest BCUT2D eigenvalue weighted by molar-refractivity contribution is 6.14. The van der Waals surface area contributed by atoms with E-state index in [2.05, 4.69) is 109 Å². The lowest BCUT2D eigenvalue weighted by molar-refractivity contribution is 0.350. The molecule has 7 aromatic carbocycles. The number of benzene rings is 7. The maximum absolute atomic E-state index is 6.82. The first-order valence-electron chi connectivity index (χ1n) is 22.8. The summed E-state index contributed by atoms with van der Waals surface area (Å²) in [6, 6.07) is 53.6. The van der Waals surface area contributed by atoms with E-state index in [0.29, 0.717) is 11.4 Å². The van der Waals surface area contributed by atoms with Crippen molar-refractivity contribution in [3.05, 3.63) is 168 Å². The standard InChI is InChI=1S/C58H44N2O2/c1-4-15-35(16-5-1)56-59-52-40-18-7-9-22-50(40)62-55(52)53(60-56)41-20-14-19-39-45-32-37(24-26-51(45)61-54(39)41)36-23-25-47-42(31-36)44-34-48-43(33-49(44)58(47)29-12-3-13-30-58)38-17-6-8-21-46(38)57(48)27-10-2-11-28-57/h1,4-9,14-26,31-34H,2-3,10-13,27-30H2. The van der Waals surface area contributed by atoms with Gasteiger partial charge in [0, 0.05) is 38.1 Å². The van der Waals surface area contributed by atoms with Crippen LogP contribution in [-0.4, -0.2) is 9.97 Å². The van der Waals surface area contributed by atoms with Crippen LogP contribution in [0.15, 0.2) is 154 Å². The van der Waals surface area contributed by atoms with Crippen molar-refractivity contribution in [3.63, 3.8) is 0 Å². The Morgan fingerprint density at radius 2 is 0.968 bits per heavy atom. The number of rotatable bonds is 3. The number of aromatic nitrogens is 2. The SMILES string of the molecule is c1ccc(-c2nc(-c3cccc4c3oc3ccc(-c5ccc6c(c5)-c5cc7c(cc5C65CCCCC5)-c5ccccc5C75CCCCC5)cc34)c3oc4ccccc4c3n2)cc1. The Hall–Kier alpha value is -6.78. The summed E-state index contributed by atoms with van der Waals surface area (Å²) < 4.78 is 13.4. The van der Waals surface area contributed by atoms with Crippen molar-refractivity contribution >= 4 is 44.0 Å². The first kappa shape index (κ1) is 34.9. The van der Waals surface area contributed by atoms with Gasteiger partial charge >= 0.3 is 0 Å². The number of hydrogen-bond donors (Lipinski definition) is 0. The van der Waals surface area contributed by atoms with Crippen molar-refractivity contribution < 1.29 is 8.83 Å². The fourth-order valence-electron chi connectivity index (χ4n) is 12.7. The molecule has 0 bridgehead atoms. The normalized spacial score (nSPS) is 17.0. The number of furan rings is 2. The van der Waals surface area contributed by atoms with Gasteiger partial charge in [-0.2, -0.15) is 0 Å². The van der Waals surface area contributed by atoms with Crippen LogP contribution in [0.25, 0.3) is 100 Å². The van der Waals surface area contributed by atoms with Crippen LogP contribution < -0.4 is 0 Å². The van der Waals surface area contributed by atoms with Crippen LogP contribution in [-0.2, 0) is 10.8 Å². The summed E-state index contributed by atoms with van der Waals surface area (Å²) in [4.78, 5) is 10.3. The third-order valence-corrected chi connectivity index (χ3v) is 15.5. The maximum Gasteiger partial charge on any atom is 0.180 e. The third kappa shape index (κ3) is 4.73. The van der Waals surface area contributed by atoms with Gasteiger partial charge in [-0.15, -0.1) is 0 Å². The first-order chi connectivity index (χ1) is 30.7. The van der Waals surface area contributed by atoms with E-state index in [-0.39, 0.29) is 10.8 Å². The molecule has 0 aliphatic heterocycles. The van der Waals surface area contributed by atoms with Crippen molar-refractivity contribution in [1.29, 1.82) is 0 Å². The van der Waals surface area contributed by atoms with Gasteiger partial charge in [0.25, 0.3) is 0 Å². The van der Waals surface area contributed by atoms with E-state index in [1.54, 1.807) is 22.3 Å². The average Bonchev–Trinajstić information content (AvgIpc) is 4.05. The molecule has 10 aromatic rings. The van der Waals surface area contributed by atoms with Crippen molar-refractivity contribution in [1.82, 2.24) is 9.97 Å². The Morgan fingerprint density at radius 1 is 0.371 bits per heavy atom. The molecule has 0 atom stereocenters. The average molecular weight is 801 g/mol. The third-order valence-electron chi connectivity index (χ3n) is 15.5. The smallest absolute Gasteiger partial charge is 0.180 e. The van der Waals surface area contributed by atoms with Gasteiger partial charge in [-0.05, 0) is 130 Å². The van der Waals surface area contributed by atoms with E-state index in [1.165, 1.54) is 97.6 Å². The minimum atomic E-state index is 0.0848. The van der Waals surface area contributed by atoms with Gasteiger partial charge in [0.1, 0.15) is 28.0 Å². The molecule has 2 saturated carbocycles. The lowest BCUT2D eigenvalue weighted by Crippen LogP contribution is -2.29. The molecule has 3 heterocycles. The summed E-state index contributed by atoms with van der Waals surface area (Å²) in [5.74, 6) is 0.659. The Labute approximate surface area is 360 Å². The lowest BCUT2D eigenvalue weighted by Gasteiger charge is -2.37. The monoisotopic (exact) mass is 800 g/mol. The molecule has 4 nitrogen and oxygen atoms in total. The maximum atomic E-state index is 6.82. The number of nitrogens with zero attached hydrogens (tertiary/aromatic N) is 2. The van der Waals surface area contributed by atoms with Gasteiger partial charge in [0.15, 0.2) is 11.4 Å². The summed E-state index contributed by atoms with van der Waals surface area (Å²) >= 11 is 0. The van der Waals surface area contributed by atoms with E-state index >= 15 is 0 Å². The summed E-state index contributed by atoms with van der Waals surface area (Å²) in [5.41, 5.74) is 21.4. The molecule has 298 valence electrons. The van der Waals surface area contributed by atoms with Gasteiger partial charge in [-0.3, -0.25) is 0 Å². The molecule has 4 aliphatic rings. The molecule has 3 aromatic heterocycles. The minimum Gasteiger partial charge on any atom is -0.455 e. The van der Waals surface area contributed by atoms with Crippen LogP contribution in [0.3, 0.4) is 0 Å². The van der Waals surface area contributed by atoms with Crippen molar-refractivity contribution in [3.8, 4) is 56.0 Å².